The van der Waals surface area contributed by atoms with Crippen LogP contribution >= 0.6 is 0 Å². The Morgan fingerprint density at radius 2 is 2.00 bits per heavy atom. The van der Waals surface area contributed by atoms with Crippen LogP contribution < -0.4 is 5.43 Å². The van der Waals surface area contributed by atoms with Gasteiger partial charge in [-0.05, 0) is 26.0 Å². The van der Waals surface area contributed by atoms with Crippen LogP contribution in [0.3, 0.4) is 0 Å². The maximum Gasteiger partial charge on any atom is 0.341 e. The molecule has 3 rings (SSSR count). The van der Waals surface area contributed by atoms with E-state index >= 15 is 0 Å². The molecule has 0 saturated carbocycles. The van der Waals surface area contributed by atoms with Crippen LogP contribution in [0.5, 0.6) is 0 Å². The Balaban J connectivity index is 2.53. The smallest absolute Gasteiger partial charge is 0.341 e. The highest BCUT2D eigenvalue weighted by Crippen LogP contribution is 2.21. The Kier molecular flexibility index (Phi) is 2.97. The summed E-state index contributed by atoms with van der Waals surface area (Å²) in [5.41, 5.74) is 1.21. The molecule has 108 valence electrons. The largest absolute Gasteiger partial charge is 0.477 e. The summed E-state index contributed by atoms with van der Waals surface area (Å²) in [7, 11) is 0. The number of aryl methyl sites for hydroxylation is 2. The predicted octanol–water partition coefficient (Wildman–Crippen LogP) is 1.48. The molecule has 1 aromatic carbocycles. The third-order valence-corrected chi connectivity index (χ3v) is 3.48. The number of carboxylic acids is 1. The van der Waals surface area contributed by atoms with E-state index in [0.717, 1.165) is 0 Å². The van der Waals surface area contributed by atoms with Gasteiger partial charge in [0.05, 0.1) is 12.1 Å². The first-order valence-corrected chi connectivity index (χ1v) is 6.71. The van der Waals surface area contributed by atoms with Gasteiger partial charge >= 0.3 is 5.97 Å². The van der Waals surface area contributed by atoms with E-state index in [9.17, 15) is 9.59 Å². The van der Waals surface area contributed by atoms with Gasteiger partial charge in [-0.15, -0.1) is 0 Å². The van der Waals surface area contributed by atoms with Crippen molar-refractivity contribution in [1.29, 1.82) is 0 Å². The number of carboxylic acid groups (broad SMARTS) is 1. The van der Waals surface area contributed by atoms with Crippen molar-refractivity contribution in [2.45, 2.75) is 26.9 Å². The van der Waals surface area contributed by atoms with Crippen molar-refractivity contribution in [3.8, 4) is 0 Å². The quantitative estimate of drug-likeness (QED) is 0.787. The van der Waals surface area contributed by atoms with E-state index in [-0.39, 0.29) is 5.56 Å². The second kappa shape index (κ2) is 4.69. The summed E-state index contributed by atoms with van der Waals surface area (Å²) in [6.07, 6.45) is 1.37. The monoisotopic (exact) mass is 286 g/mol. The molecule has 0 saturated heterocycles. The van der Waals surface area contributed by atoms with Gasteiger partial charge in [0.2, 0.25) is 5.43 Å². The topological polar surface area (TPSA) is 90.0 Å². The minimum absolute atomic E-state index is 0.230. The second-order valence-electron chi connectivity index (χ2n) is 4.68. The average Bonchev–Trinajstić information content (AvgIpc) is 2.90. The molecule has 0 bridgehead atoms. The summed E-state index contributed by atoms with van der Waals surface area (Å²) in [5, 5.41) is 18.2. The third-order valence-electron chi connectivity index (χ3n) is 3.48. The lowest BCUT2D eigenvalue weighted by Crippen LogP contribution is -2.18. The van der Waals surface area contributed by atoms with Crippen LogP contribution in [0.4, 0.5) is 0 Å². The van der Waals surface area contributed by atoms with Crippen LogP contribution in [0.15, 0.2) is 23.1 Å². The highest BCUT2D eigenvalue weighted by atomic mass is 16.4. The normalized spacial score (nSPS) is 11.3. The zero-order valence-corrected chi connectivity index (χ0v) is 11.7. The van der Waals surface area contributed by atoms with Gasteiger partial charge in [-0.1, -0.05) is 0 Å². The van der Waals surface area contributed by atoms with Crippen LogP contribution in [-0.2, 0) is 13.1 Å². The number of nitrogens with zero attached hydrogens (tertiary/aromatic N) is 4. The van der Waals surface area contributed by atoms with Gasteiger partial charge in [0.25, 0.3) is 0 Å². The third kappa shape index (κ3) is 1.89. The van der Waals surface area contributed by atoms with Gasteiger partial charge in [-0.2, -0.15) is 15.0 Å². The molecular formula is C14H14N4O3. The molecule has 7 nitrogen and oxygen atoms in total. The summed E-state index contributed by atoms with van der Waals surface area (Å²) >= 11 is 0. The van der Waals surface area contributed by atoms with E-state index in [2.05, 4.69) is 10.2 Å². The molecule has 0 aliphatic heterocycles. The van der Waals surface area contributed by atoms with E-state index in [0.29, 0.717) is 35.0 Å². The molecule has 0 amide bonds. The number of rotatable bonds is 3. The minimum Gasteiger partial charge on any atom is -0.477 e. The molecule has 21 heavy (non-hydrogen) atoms. The van der Waals surface area contributed by atoms with Gasteiger partial charge in [-0.25, -0.2) is 4.79 Å². The maximum absolute atomic E-state index is 12.3. The second-order valence-corrected chi connectivity index (χ2v) is 4.68. The zero-order valence-electron chi connectivity index (χ0n) is 11.7. The number of benzene rings is 1. The van der Waals surface area contributed by atoms with Gasteiger partial charge in [0, 0.05) is 18.1 Å². The fourth-order valence-electron chi connectivity index (χ4n) is 2.45. The standard InChI is InChI=1S/C14H14N4O3/c1-3-17-7-9(14(20)21)13(19)8-5-6-10-11(12(8)17)16-18(4-2)15-10/h5-7H,3-4H2,1-2H3,(H,20,21). The van der Waals surface area contributed by atoms with Crippen LogP contribution in [0.25, 0.3) is 21.9 Å². The lowest BCUT2D eigenvalue weighted by molar-refractivity contribution is 0.0695. The molecule has 7 heteroatoms. The Labute approximate surface area is 119 Å². The number of carbonyl (C=O) groups is 1. The van der Waals surface area contributed by atoms with Crippen LogP contribution in [0.1, 0.15) is 24.2 Å². The Morgan fingerprint density at radius 1 is 1.24 bits per heavy atom. The number of aromatic carboxylic acids is 1. The first kappa shape index (κ1) is 13.3. The van der Waals surface area contributed by atoms with Gasteiger partial charge in [0.15, 0.2) is 0 Å². The van der Waals surface area contributed by atoms with Gasteiger partial charge in [0.1, 0.15) is 16.6 Å². The van der Waals surface area contributed by atoms with E-state index in [4.69, 9.17) is 5.11 Å². The average molecular weight is 286 g/mol. The molecule has 1 N–H and O–H groups in total. The first-order valence-electron chi connectivity index (χ1n) is 6.71. The number of pyridine rings is 1. The zero-order chi connectivity index (χ0) is 15.1. The van der Waals surface area contributed by atoms with Crippen molar-refractivity contribution in [2.24, 2.45) is 0 Å². The lowest BCUT2D eigenvalue weighted by Gasteiger charge is -2.09. The summed E-state index contributed by atoms with van der Waals surface area (Å²) in [6, 6.07) is 3.32. The SMILES string of the molecule is CCn1nc2ccc3c(=O)c(C(=O)O)cn(CC)c3c2n1. The summed E-state index contributed by atoms with van der Waals surface area (Å²) in [4.78, 5) is 25.1. The molecule has 2 heterocycles. The molecule has 0 fully saturated rings. The van der Waals surface area contributed by atoms with E-state index in [1.54, 1.807) is 21.5 Å². The molecule has 0 aliphatic rings. The van der Waals surface area contributed by atoms with Crippen molar-refractivity contribution in [3.05, 3.63) is 34.1 Å². The van der Waals surface area contributed by atoms with Crippen molar-refractivity contribution in [3.63, 3.8) is 0 Å². The highest BCUT2D eigenvalue weighted by molar-refractivity contribution is 6.03. The van der Waals surface area contributed by atoms with Crippen LogP contribution in [0, 0.1) is 0 Å². The molecule has 0 atom stereocenters. The Hall–Kier alpha value is -2.70. The number of fused-ring (bicyclic) bond motifs is 3. The van der Waals surface area contributed by atoms with Gasteiger partial charge in [-0.3, -0.25) is 4.79 Å². The molecule has 0 aliphatic carbocycles. The molecule has 3 aromatic rings. The predicted molar refractivity (Wildman–Crippen MR) is 77.6 cm³/mol. The van der Waals surface area contributed by atoms with Crippen LogP contribution in [0.2, 0.25) is 0 Å². The lowest BCUT2D eigenvalue weighted by atomic mass is 10.1. The molecule has 0 radical (unpaired) electrons. The summed E-state index contributed by atoms with van der Waals surface area (Å²) in [5.74, 6) is -1.22. The summed E-state index contributed by atoms with van der Waals surface area (Å²) < 4.78 is 1.73. The maximum atomic E-state index is 12.3. The molecule has 2 aromatic heterocycles. The van der Waals surface area contributed by atoms with Crippen molar-refractivity contribution < 1.29 is 9.90 Å². The molecule has 0 spiro atoms. The number of aromatic nitrogens is 4. The highest BCUT2D eigenvalue weighted by Gasteiger charge is 2.17. The molecule has 0 unspecified atom stereocenters. The van der Waals surface area contributed by atoms with Crippen molar-refractivity contribution >= 4 is 27.9 Å². The fourth-order valence-corrected chi connectivity index (χ4v) is 2.45. The van der Waals surface area contributed by atoms with E-state index in [1.807, 2.05) is 13.8 Å². The van der Waals surface area contributed by atoms with Crippen molar-refractivity contribution in [1.82, 2.24) is 19.6 Å². The minimum atomic E-state index is -1.22. The van der Waals surface area contributed by atoms with E-state index < -0.39 is 11.4 Å². The number of hydrogen-bond acceptors (Lipinski definition) is 4. The Morgan fingerprint density at radius 3 is 2.62 bits per heavy atom. The van der Waals surface area contributed by atoms with E-state index in [1.165, 1.54) is 6.20 Å². The number of hydrogen-bond donors (Lipinski definition) is 1. The fraction of sp³-hybridized carbons (Fsp3) is 0.286. The van der Waals surface area contributed by atoms with Crippen LogP contribution in [-0.4, -0.2) is 30.6 Å². The Bertz CT molecular complexity index is 923. The molecular weight excluding hydrogens is 272 g/mol. The van der Waals surface area contributed by atoms with Gasteiger partial charge < -0.3 is 9.67 Å². The first-order chi connectivity index (χ1) is 10.1. The van der Waals surface area contributed by atoms with Crippen molar-refractivity contribution in [2.75, 3.05) is 0 Å². The summed E-state index contributed by atoms with van der Waals surface area (Å²) in [6.45, 7) is 4.98.